The highest BCUT2D eigenvalue weighted by molar-refractivity contribution is 5.90. The van der Waals surface area contributed by atoms with E-state index in [0.29, 0.717) is 32.1 Å². The van der Waals surface area contributed by atoms with Crippen LogP contribution in [0.1, 0.15) is 46.0 Å². The molecule has 0 aliphatic heterocycles. The van der Waals surface area contributed by atoms with Crippen molar-refractivity contribution in [1.29, 1.82) is 5.41 Å². The van der Waals surface area contributed by atoms with Crippen LogP contribution in [0, 0.1) is 17.2 Å². The van der Waals surface area contributed by atoms with Crippen molar-refractivity contribution in [2.24, 2.45) is 17.6 Å². The van der Waals surface area contributed by atoms with Gasteiger partial charge in [-0.25, -0.2) is 0 Å². The number of amides is 2. The van der Waals surface area contributed by atoms with Crippen LogP contribution in [0.3, 0.4) is 0 Å². The molecule has 0 spiro atoms. The molecule has 6 N–H and O–H groups in total. The lowest BCUT2D eigenvalue weighted by Crippen LogP contribution is -2.51. The quantitative estimate of drug-likeness (QED) is 0.153. The van der Waals surface area contributed by atoms with Crippen LogP contribution in [-0.4, -0.2) is 42.7 Å². The highest BCUT2D eigenvalue weighted by Crippen LogP contribution is 2.29. The number of guanidine groups is 1. The van der Waals surface area contributed by atoms with Crippen LogP contribution in [0.5, 0.6) is 0 Å². The molecule has 1 rings (SSSR count). The molecule has 0 radical (unpaired) electrons. The average molecular weight is 376 g/mol. The molecule has 2 atom stereocenters. The molecule has 0 unspecified atom stereocenters. The Kier molecular flexibility index (Phi) is 10.8. The highest BCUT2D eigenvalue weighted by atomic mass is 35.5. The van der Waals surface area contributed by atoms with Crippen molar-refractivity contribution < 1.29 is 14.4 Å². The number of aldehydes is 1. The van der Waals surface area contributed by atoms with Gasteiger partial charge in [-0.2, -0.15) is 0 Å². The van der Waals surface area contributed by atoms with E-state index in [0.717, 1.165) is 12.8 Å². The standard InChI is InChI=1S/C16H29N5O3.ClH/c1-10(2)8-13(21-14(23)11-5-6-11)15(24)20-12(9-22)4-3-7-19-16(17)18;/h9-13H,3-8H2,1-2H3,(H,20,24)(H,21,23)(H4,17,18,19);1H/t12-,13-;/m0./s1. The second kappa shape index (κ2) is 11.7. The Morgan fingerprint density at radius 2 is 1.92 bits per heavy atom. The van der Waals surface area contributed by atoms with Crippen LogP contribution in [-0.2, 0) is 14.4 Å². The third kappa shape index (κ3) is 9.91. The van der Waals surface area contributed by atoms with E-state index in [9.17, 15) is 14.4 Å². The topological polar surface area (TPSA) is 137 Å². The Balaban J connectivity index is 0.00000576. The molecular formula is C16H30ClN5O3. The summed E-state index contributed by atoms with van der Waals surface area (Å²) in [5.41, 5.74) is 5.18. The number of nitrogens with two attached hydrogens (primary N) is 1. The average Bonchev–Trinajstić information content (AvgIpc) is 3.33. The summed E-state index contributed by atoms with van der Waals surface area (Å²) < 4.78 is 0. The highest BCUT2D eigenvalue weighted by Gasteiger charge is 2.33. The molecule has 144 valence electrons. The van der Waals surface area contributed by atoms with Crippen molar-refractivity contribution in [3.05, 3.63) is 0 Å². The fraction of sp³-hybridized carbons (Fsp3) is 0.750. The zero-order valence-electron chi connectivity index (χ0n) is 14.8. The van der Waals surface area contributed by atoms with Crippen molar-refractivity contribution >= 4 is 36.5 Å². The molecule has 0 aromatic heterocycles. The van der Waals surface area contributed by atoms with Gasteiger partial charge in [-0.1, -0.05) is 13.8 Å². The molecule has 0 aromatic carbocycles. The van der Waals surface area contributed by atoms with Crippen LogP contribution >= 0.6 is 12.4 Å². The fourth-order valence-electron chi connectivity index (χ4n) is 2.34. The van der Waals surface area contributed by atoms with Gasteiger partial charge >= 0.3 is 0 Å². The number of carbonyl (C=O) groups excluding carboxylic acids is 3. The van der Waals surface area contributed by atoms with Gasteiger partial charge in [0.2, 0.25) is 11.8 Å². The minimum atomic E-state index is -0.615. The summed E-state index contributed by atoms with van der Waals surface area (Å²) in [6.45, 7) is 4.42. The molecule has 0 heterocycles. The summed E-state index contributed by atoms with van der Waals surface area (Å²) in [6, 6.07) is -1.23. The summed E-state index contributed by atoms with van der Waals surface area (Å²) >= 11 is 0. The van der Waals surface area contributed by atoms with E-state index < -0.39 is 12.1 Å². The Morgan fingerprint density at radius 1 is 1.28 bits per heavy atom. The van der Waals surface area contributed by atoms with Crippen molar-refractivity contribution in [2.45, 2.75) is 58.0 Å². The number of halogens is 1. The Labute approximate surface area is 155 Å². The van der Waals surface area contributed by atoms with Gasteiger partial charge < -0.3 is 26.5 Å². The number of carbonyl (C=O) groups is 3. The van der Waals surface area contributed by atoms with Crippen LogP contribution in [0.15, 0.2) is 0 Å². The molecule has 1 aliphatic rings. The third-order valence-electron chi connectivity index (χ3n) is 3.79. The largest absolute Gasteiger partial charge is 0.370 e. The zero-order chi connectivity index (χ0) is 18.1. The van der Waals surface area contributed by atoms with Crippen LogP contribution in [0.2, 0.25) is 0 Å². The van der Waals surface area contributed by atoms with E-state index in [4.69, 9.17) is 11.1 Å². The summed E-state index contributed by atoms with van der Waals surface area (Å²) in [5.74, 6) is -0.249. The summed E-state index contributed by atoms with van der Waals surface area (Å²) in [5, 5.41) is 15.2. The second-order valence-electron chi connectivity index (χ2n) is 6.70. The minimum absolute atomic E-state index is 0. The van der Waals surface area contributed by atoms with E-state index in [2.05, 4.69) is 16.0 Å². The van der Waals surface area contributed by atoms with Crippen molar-refractivity contribution in [1.82, 2.24) is 16.0 Å². The van der Waals surface area contributed by atoms with Crippen molar-refractivity contribution in [2.75, 3.05) is 6.54 Å². The molecule has 1 saturated carbocycles. The van der Waals surface area contributed by atoms with Gasteiger partial charge in [0.1, 0.15) is 12.3 Å². The number of hydrogen-bond acceptors (Lipinski definition) is 4. The Morgan fingerprint density at radius 3 is 2.40 bits per heavy atom. The first-order valence-electron chi connectivity index (χ1n) is 8.47. The summed E-state index contributed by atoms with van der Waals surface area (Å²) in [4.78, 5) is 35.5. The number of nitrogens with one attached hydrogen (secondary N) is 4. The van der Waals surface area contributed by atoms with Crippen LogP contribution < -0.4 is 21.7 Å². The normalized spacial score (nSPS) is 15.5. The van der Waals surface area contributed by atoms with E-state index in [1.807, 2.05) is 13.8 Å². The van der Waals surface area contributed by atoms with E-state index in [1.54, 1.807) is 0 Å². The molecule has 8 nitrogen and oxygen atoms in total. The third-order valence-corrected chi connectivity index (χ3v) is 3.79. The first-order chi connectivity index (χ1) is 11.3. The zero-order valence-corrected chi connectivity index (χ0v) is 15.7. The van der Waals surface area contributed by atoms with Gasteiger partial charge in [0.15, 0.2) is 5.96 Å². The van der Waals surface area contributed by atoms with E-state index >= 15 is 0 Å². The predicted octanol–water partition coefficient (Wildman–Crippen LogP) is 0.296. The van der Waals surface area contributed by atoms with Gasteiger partial charge in [-0.15, -0.1) is 12.4 Å². The lowest BCUT2D eigenvalue weighted by molar-refractivity contribution is -0.131. The van der Waals surface area contributed by atoms with Gasteiger partial charge in [0, 0.05) is 12.5 Å². The van der Waals surface area contributed by atoms with E-state index in [1.165, 1.54) is 0 Å². The maximum absolute atomic E-state index is 12.4. The Hall–Kier alpha value is -1.83. The minimum Gasteiger partial charge on any atom is -0.370 e. The number of rotatable bonds is 11. The van der Waals surface area contributed by atoms with Gasteiger partial charge in [-0.05, 0) is 38.0 Å². The SMILES string of the molecule is CC(C)C[C@H](NC(=O)C1CC1)C(=O)N[C@H](C=O)CCCNC(=N)N.Cl. The van der Waals surface area contributed by atoms with Crippen LogP contribution in [0.25, 0.3) is 0 Å². The van der Waals surface area contributed by atoms with Gasteiger partial charge in [-0.3, -0.25) is 15.0 Å². The number of hydrogen-bond donors (Lipinski definition) is 5. The first kappa shape index (κ1) is 23.2. The van der Waals surface area contributed by atoms with Gasteiger partial charge in [0.25, 0.3) is 0 Å². The second-order valence-corrected chi connectivity index (χ2v) is 6.70. The lowest BCUT2D eigenvalue weighted by Gasteiger charge is -2.22. The molecule has 1 aliphatic carbocycles. The van der Waals surface area contributed by atoms with Crippen LogP contribution in [0.4, 0.5) is 0 Å². The molecule has 0 saturated heterocycles. The predicted molar refractivity (Wildman–Crippen MR) is 98.5 cm³/mol. The van der Waals surface area contributed by atoms with Gasteiger partial charge in [0.05, 0.1) is 6.04 Å². The molecule has 25 heavy (non-hydrogen) atoms. The maximum atomic E-state index is 12.4. The Bertz CT molecular complexity index is 469. The molecule has 2 amide bonds. The van der Waals surface area contributed by atoms with Crippen molar-refractivity contribution in [3.63, 3.8) is 0 Å². The molecule has 1 fully saturated rings. The maximum Gasteiger partial charge on any atom is 0.243 e. The summed E-state index contributed by atoms with van der Waals surface area (Å²) in [7, 11) is 0. The molecule has 0 aromatic rings. The molecule has 0 bridgehead atoms. The van der Waals surface area contributed by atoms with Crippen molar-refractivity contribution in [3.8, 4) is 0 Å². The summed E-state index contributed by atoms with van der Waals surface area (Å²) in [6.07, 6.45) is 4.01. The molecular weight excluding hydrogens is 346 g/mol. The lowest BCUT2D eigenvalue weighted by atomic mass is 10.0. The monoisotopic (exact) mass is 375 g/mol. The first-order valence-corrected chi connectivity index (χ1v) is 8.47. The van der Waals surface area contributed by atoms with E-state index in [-0.39, 0.29) is 42.0 Å². The molecule has 9 heteroatoms. The fourth-order valence-corrected chi connectivity index (χ4v) is 2.34. The smallest absolute Gasteiger partial charge is 0.243 e.